The van der Waals surface area contributed by atoms with Gasteiger partial charge in [-0.25, -0.2) is 9.97 Å². The third-order valence-corrected chi connectivity index (χ3v) is 4.77. The Labute approximate surface area is 152 Å². The molecule has 1 aliphatic heterocycles. The predicted molar refractivity (Wildman–Crippen MR) is 101 cm³/mol. The van der Waals surface area contributed by atoms with E-state index in [1.165, 1.54) is 0 Å². The largest absolute Gasteiger partial charge is 0.368 e. The molecule has 4 rings (SSSR count). The van der Waals surface area contributed by atoms with Gasteiger partial charge in [0.05, 0.1) is 12.2 Å². The van der Waals surface area contributed by atoms with Crippen LogP contribution in [0.25, 0.3) is 0 Å². The van der Waals surface area contributed by atoms with Crippen molar-refractivity contribution in [3.8, 4) is 0 Å². The normalized spacial score (nSPS) is 17.4. The summed E-state index contributed by atoms with van der Waals surface area (Å²) in [7, 11) is 0. The molecule has 1 saturated heterocycles. The summed E-state index contributed by atoms with van der Waals surface area (Å²) < 4.78 is 2.20. The third kappa shape index (κ3) is 3.51. The molecule has 4 heterocycles. The van der Waals surface area contributed by atoms with Crippen LogP contribution < -0.4 is 10.6 Å². The zero-order valence-corrected chi connectivity index (χ0v) is 14.9. The van der Waals surface area contributed by atoms with Crippen LogP contribution in [0, 0.1) is 6.92 Å². The maximum absolute atomic E-state index is 5.83. The second kappa shape index (κ2) is 7.11. The fourth-order valence-corrected chi connectivity index (χ4v) is 3.61. The zero-order valence-electron chi connectivity index (χ0n) is 14.9. The summed E-state index contributed by atoms with van der Waals surface area (Å²) >= 11 is 0. The van der Waals surface area contributed by atoms with Crippen LogP contribution in [-0.2, 0) is 6.54 Å². The molecule has 1 aliphatic rings. The average Bonchev–Trinajstić information content (AvgIpc) is 3.10. The molecule has 0 aromatic carbocycles. The molecule has 0 radical (unpaired) electrons. The van der Waals surface area contributed by atoms with Crippen LogP contribution in [0.5, 0.6) is 0 Å². The number of aryl methyl sites for hydroxylation is 1. The lowest BCUT2D eigenvalue weighted by atomic mass is 9.97. The third-order valence-electron chi connectivity index (χ3n) is 4.77. The highest BCUT2D eigenvalue weighted by atomic mass is 15.2. The van der Waals surface area contributed by atoms with E-state index in [1.807, 2.05) is 49.8 Å². The summed E-state index contributed by atoms with van der Waals surface area (Å²) in [6, 6.07) is 8.00. The summed E-state index contributed by atoms with van der Waals surface area (Å²) in [5.74, 6) is 2.71. The van der Waals surface area contributed by atoms with E-state index in [-0.39, 0.29) is 0 Å². The van der Waals surface area contributed by atoms with E-state index in [1.54, 1.807) is 0 Å². The zero-order chi connectivity index (χ0) is 17.9. The molecule has 134 valence electrons. The second-order valence-electron chi connectivity index (χ2n) is 6.75. The van der Waals surface area contributed by atoms with Crippen LogP contribution in [0.3, 0.4) is 0 Å². The van der Waals surface area contributed by atoms with Crippen molar-refractivity contribution in [1.29, 1.82) is 0 Å². The molecule has 0 saturated carbocycles. The molecule has 2 N–H and O–H groups in total. The Morgan fingerprint density at radius 2 is 2.12 bits per heavy atom. The standard InChI is InChI=1S/C19H23N7/c1-14-11-17(24-19(20)23-14)25-9-4-5-15(12-25)18-22-8-10-26(18)13-16-6-2-3-7-21-16/h2-3,6-8,10-11,15H,4-5,9,12-13H2,1H3,(H2,20,23,24)/t15-/m1/s1. The van der Waals surface area contributed by atoms with Gasteiger partial charge in [-0.15, -0.1) is 0 Å². The number of pyridine rings is 1. The lowest BCUT2D eigenvalue weighted by Crippen LogP contribution is -2.36. The summed E-state index contributed by atoms with van der Waals surface area (Å²) in [5.41, 5.74) is 7.77. The van der Waals surface area contributed by atoms with Gasteiger partial charge in [0, 0.05) is 49.4 Å². The van der Waals surface area contributed by atoms with Crippen molar-refractivity contribution in [3.05, 3.63) is 60.1 Å². The van der Waals surface area contributed by atoms with E-state index in [9.17, 15) is 0 Å². The van der Waals surface area contributed by atoms with Crippen molar-refractivity contribution in [2.45, 2.75) is 32.2 Å². The van der Waals surface area contributed by atoms with Gasteiger partial charge in [-0.3, -0.25) is 4.98 Å². The van der Waals surface area contributed by atoms with Crippen LogP contribution in [0.4, 0.5) is 11.8 Å². The lowest BCUT2D eigenvalue weighted by molar-refractivity contribution is 0.473. The lowest BCUT2D eigenvalue weighted by Gasteiger charge is -2.33. The van der Waals surface area contributed by atoms with Crippen molar-refractivity contribution in [3.63, 3.8) is 0 Å². The van der Waals surface area contributed by atoms with Crippen molar-refractivity contribution in [1.82, 2.24) is 24.5 Å². The summed E-state index contributed by atoms with van der Waals surface area (Å²) in [6.45, 7) is 4.55. The van der Waals surface area contributed by atoms with E-state index >= 15 is 0 Å². The molecular formula is C19H23N7. The second-order valence-corrected chi connectivity index (χ2v) is 6.75. The van der Waals surface area contributed by atoms with Gasteiger partial charge < -0.3 is 15.2 Å². The molecule has 3 aromatic rings. The number of nitrogens with zero attached hydrogens (tertiary/aromatic N) is 6. The van der Waals surface area contributed by atoms with Crippen molar-refractivity contribution in [2.24, 2.45) is 0 Å². The fraction of sp³-hybridized carbons (Fsp3) is 0.368. The minimum absolute atomic E-state index is 0.332. The van der Waals surface area contributed by atoms with Gasteiger partial charge in [-0.05, 0) is 31.9 Å². The average molecular weight is 349 g/mol. The number of nitrogen functional groups attached to an aromatic ring is 1. The molecule has 0 unspecified atom stereocenters. The SMILES string of the molecule is Cc1cc(N2CCC[C@@H](c3nccn3Cc3ccccn3)C2)nc(N)n1. The Bertz CT molecular complexity index is 854. The van der Waals surface area contributed by atoms with Crippen LogP contribution in [0.15, 0.2) is 42.9 Å². The van der Waals surface area contributed by atoms with Crippen molar-refractivity contribution in [2.75, 3.05) is 23.7 Å². The van der Waals surface area contributed by atoms with E-state index in [0.29, 0.717) is 11.9 Å². The number of anilines is 2. The van der Waals surface area contributed by atoms with Crippen molar-refractivity contribution < 1.29 is 0 Å². The van der Waals surface area contributed by atoms with Crippen LogP contribution in [0.2, 0.25) is 0 Å². The Morgan fingerprint density at radius 1 is 1.19 bits per heavy atom. The molecule has 26 heavy (non-hydrogen) atoms. The number of hydrogen-bond acceptors (Lipinski definition) is 6. The van der Waals surface area contributed by atoms with Gasteiger partial charge in [-0.1, -0.05) is 6.07 Å². The highest BCUT2D eigenvalue weighted by molar-refractivity contribution is 5.44. The number of hydrogen-bond donors (Lipinski definition) is 1. The Kier molecular flexibility index (Phi) is 4.51. The van der Waals surface area contributed by atoms with E-state index in [0.717, 1.165) is 55.5 Å². The first kappa shape index (κ1) is 16.5. The maximum atomic E-state index is 5.83. The minimum Gasteiger partial charge on any atom is -0.368 e. The Balaban J connectivity index is 1.54. The van der Waals surface area contributed by atoms with Gasteiger partial charge in [0.1, 0.15) is 11.6 Å². The minimum atomic E-state index is 0.332. The van der Waals surface area contributed by atoms with Crippen LogP contribution >= 0.6 is 0 Å². The van der Waals surface area contributed by atoms with Gasteiger partial charge in [-0.2, -0.15) is 4.98 Å². The number of nitrogens with two attached hydrogens (primary N) is 1. The van der Waals surface area contributed by atoms with E-state index in [4.69, 9.17) is 5.73 Å². The summed E-state index contributed by atoms with van der Waals surface area (Å²) in [5, 5.41) is 0. The van der Waals surface area contributed by atoms with Crippen LogP contribution in [0.1, 0.15) is 36.0 Å². The van der Waals surface area contributed by atoms with Gasteiger partial charge in [0.25, 0.3) is 0 Å². The molecule has 1 fully saturated rings. The molecule has 7 heteroatoms. The van der Waals surface area contributed by atoms with Gasteiger partial charge in [0.15, 0.2) is 0 Å². The first-order valence-electron chi connectivity index (χ1n) is 8.96. The molecular weight excluding hydrogens is 326 g/mol. The quantitative estimate of drug-likeness (QED) is 0.778. The highest BCUT2D eigenvalue weighted by Gasteiger charge is 2.26. The summed E-state index contributed by atoms with van der Waals surface area (Å²) in [6.07, 6.45) is 7.97. The fourth-order valence-electron chi connectivity index (χ4n) is 3.61. The molecule has 1 atom stereocenters. The van der Waals surface area contributed by atoms with E-state index < -0.39 is 0 Å². The molecule has 0 spiro atoms. The van der Waals surface area contributed by atoms with Gasteiger partial charge in [0.2, 0.25) is 5.95 Å². The molecule has 7 nitrogen and oxygen atoms in total. The molecule has 3 aromatic heterocycles. The topological polar surface area (TPSA) is 85.8 Å². The van der Waals surface area contributed by atoms with Crippen LogP contribution in [-0.4, -0.2) is 37.6 Å². The Hall–Kier alpha value is -2.96. The molecule has 0 bridgehead atoms. The monoisotopic (exact) mass is 349 g/mol. The highest BCUT2D eigenvalue weighted by Crippen LogP contribution is 2.29. The smallest absolute Gasteiger partial charge is 0.222 e. The van der Waals surface area contributed by atoms with Crippen molar-refractivity contribution >= 4 is 11.8 Å². The number of rotatable bonds is 4. The number of piperidine rings is 1. The molecule has 0 aliphatic carbocycles. The first-order valence-corrected chi connectivity index (χ1v) is 8.96. The predicted octanol–water partition coefficient (Wildman–Crippen LogP) is 2.39. The molecule has 0 amide bonds. The number of aromatic nitrogens is 5. The summed E-state index contributed by atoms with van der Waals surface area (Å²) in [4.78, 5) is 20.0. The van der Waals surface area contributed by atoms with E-state index in [2.05, 4.69) is 29.4 Å². The number of imidazole rings is 1. The first-order chi connectivity index (χ1) is 12.7. The van der Waals surface area contributed by atoms with Gasteiger partial charge >= 0.3 is 0 Å². The Morgan fingerprint density at radius 3 is 2.92 bits per heavy atom. The maximum Gasteiger partial charge on any atom is 0.222 e.